The molecule has 2 rings (SSSR count). The SMILES string of the molecule is CCNC(=O)C1CNCCN1S(=O)(=O)c1ccc(C)s1. The Labute approximate surface area is 123 Å². The number of nitrogens with zero attached hydrogens (tertiary/aromatic N) is 1. The third-order valence-electron chi connectivity index (χ3n) is 3.13. The molecule has 0 bridgehead atoms. The number of hydrogen-bond donors (Lipinski definition) is 2. The van der Waals surface area contributed by atoms with E-state index < -0.39 is 16.1 Å². The summed E-state index contributed by atoms with van der Waals surface area (Å²) in [6.07, 6.45) is 0. The van der Waals surface area contributed by atoms with Gasteiger partial charge in [-0.2, -0.15) is 4.31 Å². The lowest BCUT2D eigenvalue weighted by Gasteiger charge is -2.33. The van der Waals surface area contributed by atoms with Crippen molar-refractivity contribution in [1.82, 2.24) is 14.9 Å². The molecule has 0 aromatic carbocycles. The molecule has 1 aliphatic heterocycles. The summed E-state index contributed by atoms with van der Waals surface area (Å²) in [6, 6.07) is 2.70. The molecule has 1 saturated heterocycles. The quantitative estimate of drug-likeness (QED) is 0.829. The van der Waals surface area contributed by atoms with Gasteiger partial charge in [-0.15, -0.1) is 11.3 Å². The molecule has 1 unspecified atom stereocenters. The fourth-order valence-electron chi connectivity index (χ4n) is 2.16. The highest BCUT2D eigenvalue weighted by molar-refractivity contribution is 7.91. The van der Waals surface area contributed by atoms with Crippen molar-refractivity contribution in [2.75, 3.05) is 26.2 Å². The van der Waals surface area contributed by atoms with E-state index in [9.17, 15) is 13.2 Å². The van der Waals surface area contributed by atoms with Crippen molar-refractivity contribution in [3.63, 3.8) is 0 Å². The number of carbonyl (C=O) groups excluding carboxylic acids is 1. The van der Waals surface area contributed by atoms with Crippen molar-refractivity contribution in [3.8, 4) is 0 Å². The molecule has 8 heteroatoms. The van der Waals surface area contributed by atoms with E-state index in [0.717, 1.165) is 4.88 Å². The first-order valence-electron chi connectivity index (χ1n) is 6.53. The Morgan fingerprint density at radius 2 is 2.30 bits per heavy atom. The van der Waals surface area contributed by atoms with Gasteiger partial charge in [0.05, 0.1) is 0 Å². The third kappa shape index (κ3) is 3.03. The van der Waals surface area contributed by atoms with E-state index in [2.05, 4.69) is 10.6 Å². The highest BCUT2D eigenvalue weighted by atomic mass is 32.2. The Hall–Kier alpha value is -0.960. The normalized spacial score (nSPS) is 20.8. The number of carbonyl (C=O) groups is 1. The van der Waals surface area contributed by atoms with Crippen LogP contribution < -0.4 is 10.6 Å². The predicted octanol–water partition coefficient (Wildman–Crippen LogP) is 0.155. The summed E-state index contributed by atoms with van der Waals surface area (Å²) in [4.78, 5) is 13.0. The smallest absolute Gasteiger partial charge is 0.253 e. The number of aryl methyl sites for hydroxylation is 1. The first-order chi connectivity index (χ1) is 9.46. The van der Waals surface area contributed by atoms with Crippen LogP contribution >= 0.6 is 11.3 Å². The van der Waals surface area contributed by atoms with Gasteiger partial charge >= 0.3 is 0 Å². The van der Waals surface area contributed by atoms with Gasteiger partial charge in [0.25, 0.3) is 10.0 Å². The lowest BCUT2D eigenvalue weighted by atomic mass is 10.2. The van der Waals surface area contributed by atoms with Crippen LogP contribution in [0.25, 0.3) is 0 Å². The standard InChI is InChI=1S/C12H19N3O3S2/c1-3-14-12(16)10-8-13-6-7-15(10)20(17,18)11-5-4-9(2)19-11/h4-5,10,13H,3,6-8H2,1-2H3,(H,14,16). The number of amides is 1. The maximum atomic E-state index is 12.6. The summed E-state index contributed by atoms with van der Waals surface area (Å²) >= 11 is 1.23. The van der Waals surface area contributed by atoms with Crippen molar-refractivity contribution >= 4 is 27.3 Å². The Bertz CT molecular complexity index is 583. The Morgan fingerprint density at radius 3 is 2.90 bits per heavy atom. The molecule has 0 radical (unpaired) electrons. The zero-order valence-electron chi connectivity index (χ0n) is 11.5. The van der Waals surface area contributed by atoms with Gasteiger partial charge in [-0.25, -0.2) is 8.42 Å². The number of sulfonamides is 1. The Kier molecular flexibility index (Phi) is 4.79. The van der Waals surface area contributed by atoms with Gasteiger partial charge < -0.3 is 10.6 Å². The van der Waals surface area contributed by atoms with Gasteiger partial charge in [0.1, 0.15) is 10.3 Å². The average molecular weight is 317 g/mol. The summed E-state index contributed by atoms with van der Waals surface area (Å²) in [6.45, 7) is 5.37. The van der Waals surface area contributed by atoms with E-state index in [4.69, 9.17) is 0 Å². The minimum absolute atomic E-state index is 0.253. The van der Waals surface area contributed by atoms with E-state index in [-0.39, 0.29) is 5.91 Å². The van der Waals surface area contributed by atoms with Crippen LogP contribution in [-0.4, -0.2) is 50.9 Å². The van der Waals surface area contributed by atoms with E-state index in [0.29, 0.717) is 30.4 Å². The first kappa shape index (κ1) is 15.4. The molecule has 1 fully saturated rings. The molecule has 6 nitrogen and oxygen atoms in total. The third-order valence-corrected chi connectivity index (χ3v) is 6.50. The second-order valence-corrected chi connectivity index (χ2v) is 8.00. The number of piperazine rings is 1. The van der Waals surface area contributed by atoms with E-state index in [1.54, 1.807) is 12.1 Å². The number of likely N-dealkylation sites (N-methyl/N-ethyl adjacent to an activating group) is 1. The summed E-state index contributed by atoms with van der Waals surface area (Å²) in [5.74, 6) is -0.253. The molecule has 2 N–H and O–H groups in total. The van der Waals surface area contributed by atoms with Crippen LogP contribution in [-0.2, 0) is 14.8 Å². The number of rotatable bonds is 4. The largest absolute Gasteiger partial charge is 0.355 e. The summed E-state index contributed by atoms with van der Waals surface area (Å²) in [7, 11) is -3.60. The van der Waals surface area contributed by atoms with E-state index in [1.165, 1.54) is 15.6 Å². The van der Waals surface area contributed by atoms with Gasteiger partial charge in [0.2, 0.25) is 5.91 Å². The molecule has 20 heavy (non-hydrogen) atoms. The van der Waals surface area contributed by atoms with Crippen molar-refractivity contribution in [2.45, 2.75) is 24.1 Å². The molecule has 0 spiro atoms. The second kappa shape index (κ2) is 6.21. The number of nitrogens with one attached hydrogen (secondary N) is 2. The molecule has 0 saturated carbocycles. The zero-order valence-corrected chi connectivity index (χ0v) is 13.2. The molecule has 1 aliphatic rings. The van der Waals surface area contributed by atoms with Crippen molar-refractivity contribution < 1.29 is 13.2 Å². The fraction of sp³-hybridized carbons (Fsp3) is 0.583. The van der Waals surface area contributed by atoms with Gasteiger partial charge in [-0.1, -0.05) is 0 Å². The van der Waals surface area contributed by atoms with E-state index >= 15 is 0 Å². The summed E-state index contributed by atoms with van der Waals surface area (Å²) in [5.41, 5.74) is 0. The molecule has 1 aromatic rings. The molecule has 112 valence electrons. The molecular weight excluding hydrogens is 298 g/mol. The fourth-order valence-corrected chi connectivity index (χ4v) is 5.16. The first-order valence-corrected chi connectivity index (χ1v) is 8.79. The van der Waals surface area contributed by atoms with Crippen LogP contribution in [0.3, 0.4) is 0 Å². The van der Waals surface area contributed by atoms with Crippen LogP contribution in [0.1, 0.15) is 11.8 Å². The van der Waals surface area contributed by atoms with Crippen LogP contribution in [0, 0.1) is 6.92 Å². The zero-order chi connectivity index (χ0) is 14.8. The monoisotopic (exact) mass is 317 g/mol. The molecular formula is C12H19N3O3S2. The van der Waals surface area contributed by atoms with E-state index in [1.807, 2.05) is 13.8 Å². The summed E-state index contributed by atoms with van der Waals surface area (Å²) in [5, 5.41) is 5.76. The van der Waals surface area contributed by atoms with Gasteiger partial charge in [-0.05, 0) is 26.0 Å². The van der Waals surface area contributed by atoms with Crippen LogP contribution in [0.4, 0.5) is 0 Å². The molecule has 2 heterocycles. The van der Waals surface area contributed by atoms with Crippen LogP contribution in [0.2, 0.25) is 0 Å². The van der Waals surface area contributed by atoms with Gasteiger partial charge in [0, 0.05) is 31.1 Å². The number of hydrogen-bond acceptors (Lipinski definition) is 5. The minimum Gasteiger partial charge on any atom is -0.355 e. The van der Waals surface area contributed by atoms with Crippen LogP contribution in [0.15, 0.2) is 16.3 Å². The predicted molar refractivity (Wildman–Crippen MR) is 78.3 cm³/mol. The lowest BCUT2D eigenvalue weighted by Crippen LogP contribution is -2.59. The molecule has 1 atom stereocenters. The average Bonchev–Trinajstić information content (AvgIpc) is 2.86. The second-order valence-electron chi connectivity index (χ2n) is 4.60. The molecule has 0 aliphatic carbocycles. The maximum Gasteiger partial charge on any atom is 0.253 e. The highest BCUT2D eigenvalue weighted by Gasteiger charge is 2.37. The Balaban J connectivity index is 2.29. The number of thiophene rings is 1. The molecule has 1 aromatic heterocycles. The summed E-state index contributed by atoms with van der Waals surface area (Å²) < 4.78 is 26.9. The van der Waals surface area contributed by atoms with Crippen molar-refractivity contribution in [3.05, 3.63) is 17.0 Å². The van der Waals surface area contributed by atoms with Gasteiger partial charge in [0.15, 0.2) is 0 Å². The van der Waals surface area contributed by atoms with Crippen molar-refractivity contribution in [1.29, 1.82) is 0 Å². The minimum atomic E-state index is -3.60. The molecule has 1 amide bonds. The van der Waals surface area contributed by atoms with Crippen molar-refractivity contribution in [2.24, 2.45) is 0 Å². The lowest BCUT2D eigenvalue weighted by molar-refractivity contribution is -0.125. The van der Waals surface area contributed by atoms with Gasteiger partial charge in [-0.3, -0.25) is 4.79 Å². The Morgan fingerprint density at radius 1 is 1.55 bits per heavy atom. The maximum absolute atomic E-state index is 12.6. The highest BCUT2D eigenvalue weighted by Crippen LogP contribution is 2.26. The van der Waals surface area contributed by atoms with Crippen LogP contribution in [0.5, 0.6) is 0 Å². The topological polar surface area (TPSA) is 78.5 Å².